The molecule has 0 saturated carbocycles. The molecule has 0 spiro atoms. The molecule has 0 fully saturated rings. The summed E-state index contributed by atoms with van der Waals surface area (Å²) >= 11 is 1.67. The summed E-state index contributed by atoms with van der Waals surface area (Å²) in [7, 11) is 0. The van der Waals surface area contributed by atoms with Gasteiger partial charge in [0.05, 0.1) is 5.00 Å². The topological polar surface area (TPSA) is 26.0 Å². The van der Waals surface area contributed by atoms with Gasteiger partial charge in [-0.1, -0.05) is 6.07 Å². The highest BCUT2D eigenvalue weighted by molar-refractivity contribution is 7.16. The Kier molecular flexibility index (Phi) is 3.00. The average molecular weight is 245 g/mol. The van der Waals surface area contributed by atoms with E-state index in [1.807, 2.05) is 0 Å². The molecular weight excluding hydrogens is 226 g/mol. The Morgan fingerprint density at radius 3 is 1.82 bits per heavy atom. The minimum atomic E-state index is 0.929. The van der Waals surface area contributed by atoms with Crippen molar-refractivity contribution in [3.8, 4) is 11.1 Å². The van der Waals surface area contributed by atoms with Crippen LogP contribution in [-0.2, 0) is 0 Å². The average Bonchev–Trinajstić information content (AvgIpc) is 2.56. The van der Waals surface area contributed by atoms with Crippen LogP contribution < -0.4 is 5.73 Å². The lowest BCUT2D eigenvalue weighted by Crippen LogP contribution is -1.96. The second-order valence-corrected chi connectivity index (χ2v) is 6.06. The molecule has 0 saturated heterocycles. The Balaban J connectivity index is 2.79. The highest BCUT2D eigenvalue weighted by Crippen LogP contribution is 2.39. The molecule has 90 valence electrons. The van der Waals surface area contributed by atoms with Gasteiger partial charge in [-0.15, -0.1) is 11.3 Å². The molecule has 0 amide bonds. The van der Waals surface area contributed by atoms with E-state index in [4.69, 9.17) is 5.73 Å². The first-order chi connectivity index (χ1) is 7.91. The quantitative estimate of drug-likeness (QED) is 0.784. The van der Waals surface area contributed by atoms with Gasteiger partial charge in [-0.25, -0.2) is 0 Å². The SMILES string of the molecule is Cc1cc(-c2c(C)c(C)cc(C)c2C)c(N)s1. The lowest BCUT2D eigenvalue weighted by Gasteiger charge is -2.15. The van der Waals surface area contributed by atoms with Crippen LogP contribution in [0, 0.1) is 34.6 Å². The summed E-state index contributed by atoms with van der Waals surface area (Å²) in [4.78, 5) is 1.27. The van der Waals surface area contributed by atoms with Gasteiger partial charge in [0.2, 0.25) is 0 Å². The number of benzene rings is 1. The van der Waals surface area contributed by atoms with Crippen molar-refractivity contribution in [2.24, 2.45) is 0 Å². The molecule has 1 nitrogen and oxygen atoms in total. The molecule has 0 radical (unpaired) electrons. The van der Waals surface area contributed by atoms with Gasteiger partial charge in [0.25, 0.3) is 0 Å². The maximum Gasteiger partial charge on any atom is 0.0939 e. The number of thiophene rings is 1. The van der Waals surface area contributed by atoms with Crippen molar-refractivity contribution in [1.82, 2.24) is 0 Å². The van der Waals surface area contributed by atoms with E-state index in [0.717, 1.165) is 5.00 Å². The van der Waals surface area contributed by atoms with Crippen LogP contribution in [0.25, 0.3) is 11.1 Å². The predicted molar refractivity (Wildman–Crippen MR) is 77.9 cm³/mol. The second-order valence-electron chi connectivity index (χ2n) is 4.77. The number of hydrogen-bond donors (Lipinski definition) is 1. The van der Waals surface area contributed by atoms with Gasteiger partial charge in [-0.05, 0) is 68.5 Å². The molecule has 2 N–H and O–H groups in total. The van der Waals surface area contributed by atoms with Crippen LogP contribution >= 0.6 is 11.3 Å². The van der Waals surface area contributed by atoms with Crippen LogP contribution in [-0.4, -0.2) is 0 Å². The van der Waals surface area contributed by atoms with Gasteiger partial charge in [-0.2, -0.15) is 0 Å². The van der Waals surface area contributed by atoms with E-state index in [1.165, 1.54) is 38.3 Å². The van der Waals surface area contributed by atoms with Gasteiger partial charge in [-0.3, -0.25) is 0 Å². The van der Waals surface area contributed by atoms with Crippen molar-refractivity contribution >= 4 is 16.3 Å². The molecule has 2 heteroatoms. The van der Waals surface area contributed by atoms with E-state index in [0.29, 0.717) is 0 Å². The van der Waals surface area contributed by atoms with Crippen molar-refractivity contribution in [3.63, 3.8) is 0 Å². The highest BCUT2D eigenvalue weighted by Gasteiger charge is 2.14. The van der Waals surface area contributed by atoms with Gasteiger partial charge in [0.1, 0.15) is 0 Å². The van der Waals surface area contributed by atoms with E-state index in [9.17, 15) is 0 Å². The molecule has 0 aliphatic carbocycles. The molecule has 1 heterocycles. The number of nitrogens with two attached hydrogens (primary N) is 1. The maximum atomic E-state index is 6.13. The fraction of sp³-hybridized carbons (Fsp3) is 0.333. The lowest BCUT2D eigenvalue weighted by molar-refractivity contribution is 1.25. The van der Waals surface area contributed by atoms with E-state index in [1.54, 1.807) is 11.3 Å². The van der Waals surface area contributed by atoms with Gasteiger partial charge < -0.3 is 5.73 Å². The van der Waals surface area contributed by atoms with E-state index < -0.39 is 0 Å². The van der Waals surface area contributed by atoms with Crippen molar-refractivity contribution in [1.29, 1.82) is 0 Å². The first-order valence-corrected chi connectivity index (χ1v) is 6.67. The first-order valence-electron chi connectivity index (χ1n) is 5.85. The molecule has 0 aliphatic rings. The number of rotatable bonds is 1. The molecule has 0 bridgehead atoms. The molecule has 1 aromatic carbocycles. The van der Waals surface area contributed by atoms with Crippen molar-refractivity contribution in [2.45, 2.75) is 34.6 Å². The summed E-state index contributed by atoms with van der Waals surface area (Å²) < 4.78 is 0. The van der Waals surface area contributed by atoms with Crippen LogP contribution in [0.15, 0.2) is 12.1 Å². The minimum Gasteiger partial charge on any atom is -0.390 e. The van der Waals surface area contributed by atoms with E-state index in [2.05, 4.69) is 46.8 Å². The standard InChI is InChI=1S/C15H19NS/c1-8-6-9(2)12(5)14(11(8)4)13-7-10(3)17-15(13)16/h6-7H,16H2,1-5H3. The Morgan fingerprint density at radius 1 is 0.882 bits per heavy atom. The van der Waals surface area contributed by atoms with Crippen molar-refractivity contribution < 1.29 is 0 Å². The molecule has 0 atom stereocenters. The summed E-state index contributed by atoms with van der Waals surface area (Å²) in [5.74, 6) is 0. The molecule has 0 aliphatic heterocycles. The van der Waals surface area contributed by atoms with Gasteiger partial charge >= 0.3 is 0 Å². The Morgan fingerprint density at radius 2 is 1.41 bits per heavy atom. The van der Waals surface area contributed by atoms with Crippen molar-refractivity contribution in [3.05, 3.63) is 39.3 Å². The van der Waals surface area contributed by atoms with Crippen LogP contribution in [0.4, 0.5) is 5.00 Å². The second kappa shape index (κ2) is 4.19. The largest absolute Gasteiger partial charge is 0.390 e. The fourth-order valence-electron chi connectivity index (χ4n) is 2.35. The monoisotopic (exact) mass is 245 g/mol. The zero-order chi connectivity index (χ0) is 12.7. The first kappa shape index (κ1) is 12.2. The van der Waals surface area contributed by atoms with Crippen LogP contribution in [0.1, 0.15) is 27.1 Å². The van der Waals surface area contributed by atoms with Crippen LogP contribution in [0.2, 0.25) is 0 Å². The number of anilines is 1. The zero-order valence-electron chi connectivity index (χ0n) is 11.1. The minimum absolute atomic E-state index is 0.929. The Bertz CT molecular complexity index is 553. The molecule has 17 heavy (non-hydrogen) atoms. The smallest absolute Gasteiger partial charge is 0.0939 e. The van der Waals surface area contributed by atoms with E-state index >= 15 is 0 Å². The molecular formula is C15H19NS. The van der Waals surface area contributed by atoms with Crippen LogP contribution in [0.3, 0.4) is 0 Å². The summed E-state index contributed by atoms with van der Waals surface area (Å²) in [6.45, 7) is 10.8. The summed E-state index contributed by atoms with van der Waals surface area (Å²) in [6.07, 6.45) is 0. The third kappa shape index (κ3) is 1.98. The third-order valence-electron chi connectivity index (χ3n) is 3.52. The van der Waals surface area contributed by atoms with Crippen molar-refractivity contribution in [2.75, 3.05) is 5.73 Å². The fourth-order valence-corrected chi connectivity index (χ4v) is 3.14. The molecule has 1 aromatic heterocycles. The summed E-state index contributed by atoms with van der Waals surface area (Å²) in [5, 5.41) is 0.929. The van der Waals surface area contributed by atoms with E-state index in [-0.39, 0.29) is 0 Å². The normalized spacial score (nSPS) is 10.9. The maximum absolute atomic E-state index is 6.13. The summed E-state index contributed by atoms with van der Waals surface area (Å²) in [6, 6.07) is 4.46. The zero-order valence-corrected chi connectivity index (χ0v) is 12.0. The molecule has 2 aromatic rings. The van der Waals surface area contributed by atoms with Crippen LogP contribution in [0.5, 0.6) is 0 Å². The lowest BCUT2D eigenvalue weighted by atomic mass is 9.90. The van der Waals surface area contributed by atoms with Gasteiger partial charge in [0, 0.05) is 10.4 Å². The Labute approximate surface area is 107 Å². The molecule has 2 rings (SSSR count). The number of hydrogen-bond acceptors (Lipinski definition) is 2. The molecule has 0 unspecified atom stereocenters. The third-order valence-corrected chi connectivity index (χ3v) is 4.40. The Hall–Kier alpha value is -1.28. The number of aryl methyl sites for hydroxylation is 3. The van der Waals surface area contributed by atoms with Gasteiger partial charge in [0.15, 0.2) is 0 Å². The highest BCUT2D eigenvalue weighted by atomic mass is 32.1. The predicted octanol–water partition coefficient (Wildman–Crippen LogP) is 4.54. The summed E-state index contributed by atoms with van der Waals surface area (Å²) in [5.41, 5.74) is 14.0. The number of nitrogen functional groups attached to an aromatic ring is 1.